The zero-order valence-corrected chi connectivity index (χ0v) is 7.86. The Bertz CT molecular complexity index is 235. The zero-order valence-electron chi connectivity index (χ0n) is 6.27. The molecule has 1 rings (SSSR count). The van der Waals surface area contributed by atoms with Crippen molar-refractivity contribution in [1.29, 1.82) is 0 Å². The number of hydrogen-bond donors (Lipinski definition) is 0. The molecule has 1 aromatic heterocycles. The molecule has 10 heavy (non-hydrogen) atoms. The van der Waals surface area contributed by atoms with Crippen LogP contribution in [0.3, 0.4) is 0 Å². The molecule has 0 radical (unpaired) electrons. The van der Waals surface area contributed by atoms with Gasteiger partial charge in [-0.15, -0.1) is 0 Å². The van der Waals surface area contributed by atoms with Gasteiger partial charge in [0, 0.05) is 11.3 Å². The predicted octanol–water partition coefficient (Wildman–Crippen LogP) is 2.16. The first kappa shape index (κ1) is 7.66. The highest BCUT2D eigenvalue weighted by atomic mass is 79.9. The number of hydrogen-bond acceptors (Lipinski definition) is 2. The van der Waals surface area contributed by atoms with Crippen LogP contribution in [-0.4, -0.2) is 9.97 Å². The van der Waals surface area contributed by atoms with Crippen LogP contribution < -0.4 is 0 Å². The Morgan fingerprint density at radius 1 is 1.10 bits per heavy atom. The maximum atomic E-state index is 4.19. The first-order valence-electron chi connectivity index (χ1n) is 3.08. The fourth-order valence-corrected chi connectivity index (χ4v) is 1.27. The van der Waals surface area contributed by atoms with E-state index in [-0.39, 0.29) is 0 Å². The molecule has 0 aliphatic rings. The monoisotopic (exact) mass is 200 g/mol. The molecule has 0 N–H and O–H groups in total. The molecule has 0 saturated heterocycles. The van der Waals surface area contributed by atoms with Gasteiger partial charge in [0.05, 0.1) is 0 Å². The molecular weight excluding hydrogens is 192 g/mol. The van der Waals surface area contributed by atoms with Crippen molar-refractivity contribution in [2.45, 2.75) is 20.8 Å². The van der Waals surface area contributed by atoms with E-state index in [1.807, 2.05) is 20.8 Å². The van der Waals surface area contributed by atoms with Gasteiger partial charge in [-0.1, -0.05) is 0 Å². The van der Waals surface area contributed by atoms with Crippen LogP contribution >= 0.6 is 15.9 Å². The third kappa shape index (κ3) is 1.34. The van der Waals surface area contributed by atoms with Crippen molar-refractivity contribution in [3.8, 4) is 0 Å². The van der Waals surface area contributed by atoms with E-state index in [2.05, 4.69) is 25.9 Å². The first-order valence-corrected chi connectivity index (χ1v) is 3.88. The summed E-state index contributed by atoms with van der Waals surface area (Å²) in [5, 5.41) is 0. The van der Waals surface area contributed by atoms with Gasteiger partial charge in [-0.3, -0.25) is 0 Å². The van der Waals surface area contributed by atoms with Crippen LogP contribution in [0.5, 0.6) is 0 Å². The third-order valence-electron chi connectivity index (χ3n) is 1.44. The Balaban J connectivity index is 3.31. The molecule has 1 heterocycles. The summed E-state index contributed by atoms with van der Waals surface area (Å²) in [5.74, 6) is 0.815. The van der Waals surface area contributed by atoms with E-state index < -0.39 is 0 Å². The minimum atomic E-state index is 0.815. The average molecular weight is 201 g/mol. The van der Waals surface area contributed by atoms with E-state index in [9.17, 15) is 0 Å². The summed E-state index contributed by atoms with van der Waals surface area (Å²) in [4.78, 5) is 8.33. The summed E-state index contributed by atoms with van der Waals surface area (Å²) in [6.07, 6.45) is 0. The highest BCUT2D eigenvalue weighted by Gasteiger charge is 2.00. The summed E-state index contributed by atoms with van der Waals surface area (Å²) < 4.78 is 0.900. The molecular formula is C7H9BrN2. The molecule has 0 aliphatic heterocycles. The summed E-state index contributed by atoms with van der Waals surface area (Å²) in [6, 6.07) is 0. The van der Waals surface area contributed by atoms with E-state index in [1.54, 1.807) is 0 Å². The lowest BCUT2D eigenvalue weighted by Crippen LogP contribution is -1.95. The fraction of sp³-hybridized carbons (Fsp3) is 0.429. The Kier molecular flexibility index (Phi) is 2.04. The number of rotatable bonds is 0. The SMILES string of the molecule is Cc1nc(C)c(C)c(Br)n1. The van der Waals surface area contributed by atoms with Gasteiger partial charge in [0.15, 0.2) is 0 Å². The molecule has 1 aromatic rings. The molecule has 0 saturated carbocycles. The molecule has 0 unspecified atom stereocenters. The number of aromatic nitrogens is 2. The number of nitrogens with zero attached hydrogens (tertiary/aromatic N) is 2. The van der Waals surface area contributed by atoms with Crippen LogP contribution in [0.1, 0.15) is 17.1 Å². The van der Waals surface area contributed by atoms with Crippen LogP contribution in [0.25, 0.3) is 0 Å². The van der Waals surface area contributed by atoms with Crippen LogP contribution in [-0.2, 0) is 0 Å². The van der Waals surface area contributed by atoms with Crippen LogP contribution in [0.15, 0.2) is 4.60 Å². The number of halogens is 1. The lowest BCUT2D eigenvalue weighted by atomic mass is 10.3. The Morgan fingerprint density at radius 2 is 1.70 bits per heavy atom. The van der Waals surface area contributed by atoms with Crippen molar-refractivity contribution in [3.63, 3.8) is 0 Å². The largest absolute Gasteiger partial charge is 0.238 e. The standard InChI is InChI=1S/C7H9BrN2/c1-4-5(2)9-6(3)10-7(4)8/h1-3H3. The number of aryl methyl sites for hydroxylation is 2. The molecule has 0 fully saturated rings. The van der Waals surface area contributed by atoms with Crippen molar-refractivity contribution >= 4 is 15.9 Å². The van der Waals surface area contributed by atoms with Gasteiger partial charge in [-0.25, -0.2) is 9.97 Å². The van der Waals surface area contributed by atoms with Gasteiger partial charge < -0.3 is 0 Å². The maximum Gasteiger partial charge on any atom is 0.126 e. The Morgan fingerprint density at radius 3 is 2.20 bits per heavy atom. The van der Waals surface area contributed by atoms with Crippen LogP contribution in [0.2, 0.25) is 0 Å². The Labute approximate surface area is 68.8 Å². The lowest BCUT2D eigenvalue weighted by Gasteiger charge is -2.01. The normalized spacial score (nSPS) is 10.0. The molecule has 0 spiro atoms. The smallest absolute Gasteiger partial charge is 0.126 e. The molecule has 54 valence electrons. The van der Waals surface area contributed by atoms with E-state index in [1.165, 1.54) is 0 Å². The van der Waals surface area contributed by atoms with Crippen molar-refractivity contribution in [2.24, 2.45) is 0 Å². The topological polar surface area (TPSA) is 25.8 Å². The summed E-state index contributed by atoms with van der Waals surface area (Å²) >= 11 is 3.35. The van der Waals surface area contributed by atoms with Gasteiger partial charge in [-0.2, -0.15) is 0 Å². The van der Waals surface area contributed by atoms with Crippen LogP contribution in [0.4, 0.5) is 0 Å². The van der Waals surface area contributed by atoms with Gasteiger partial charge in [0.2, 0.25) is 0 Å². The fourth-order valence-electron chi connectivity index (χ4n) is 0.727. The van der Waals surface area contributed by atoms with Gasteiger partial charge >= 0.3 is 0 Å². The maximum absolute atomic E-state index is 4.19. The molecule has 0 atom stereocenters. The van der Waals surface area contributed by atoms with Gasteiger partial charge in [0.1, 0.15) is 10.4 Å². The lowest BCUT2D eigenvalue weighted by molar-refractivity contribution is 0.966. The molecule has 0 bridgehead atoms. The minimum absolute atomic E-state index is 0.815. The quantitative estimate of drug-likeness (QED) is 0.601. The second-order valence-electron chi connectivity index (χ2n) is 2.27. The second kappa shape index (κ2) is 2.66. The molecule has 0 aromatic carbocycles. The Hall–Kier alpha value is -0.440. The molecule has 0 aliphatic carbocycles. The van der Waals surface area contributed by atoms with Crippen LogP contribution in [0, 0.1) is 20.8 Å². The van der Waals surface area contributed by atoms with Crippen molar-refractivity contribution in [2.75, 3.05) is 0 Å². The molecule has 0 amide bonds. The average Bonchev–Trinajstić information content (AvgIpc) is 1.82. The van der Waals surface area contributed by atoms with E-state index in [0.29, 0.717) is 0 Å². The highest BCUT2D eigenvalue weighted by Crippen LogP contribution is 2.14. The summed E-state index contributed by atoms with van der Waals surface area (Å²) in [6.45, 7) is 5.87. The van der Waals surface area contributed by atoms with E-state index in [0.717, 1.165) is 21.7 Å². The predicted molar refractivity (Wildman–Crippen MR) is 43.9 cm³/mol. The van der Waals surface area contributed by atoms with Crippen molar-refractivity contribution < 1.29 is 0 Å². The molecule has 3 heteroatoms. The first-order chi connectivity index (χ1) is 4.61. The molecule has 2 nitrogen and oxygen atoms in total. The third-order valence-corrected chi connectivity index (χ3v) is 2.21. The van der Waals surface area contributed by atoms with E-state index >= 15 is 0 Å². The minimum Gasteiger partial charge on any atom is -0.238 e. The second-order valence-corrected chi connectivity index (χ2v) is 3.02. The van der Waals surface area contributed by atoms with Crippen molar-refractivity contribution in [1.82, 2.24) is 9.97 Å². The summed E-state index contributed by atoms with van der Waals surface area (Å²) in [5.41, 5.74) is 2.16. The zero-order chi connectivity index (χ0) is 7.72. The van der Waals surface area contributed by atoms with Gasteiger partial charge in [-0.05, 0) is 36.7 Å². The summed E-state index contributed by atoms with van der Waals surface area (Å²) in [7, 11) is 0. The van der Waals surface area contributed by atoms with E-state index in [4.69, 9.17) is 0 Å². The van der Waals surface area contributed by atoms with Crippen molar-refractivity contribution in [3.05, 3.63) is 21.7 Å². The van der Waals surface area contributed by atoms with Gasteiger partial charge in [0.25, 0.3) is 0 Å². The highest BCUT2D eigenvalue weighted by molar-refractivity contribution is 9.10.